The van der Waals surface area contributed by atoms with Gasteiger partial charge >= 0.3 is 0 Å². The lowest BCUT2D eigenvalue weighted by Gasteiger charge is -2.12. The third-order valence-corrected chi connectivity index (χ3v) is 10.7. The van der Waals surface area contributed by atoms with E-state index in [2.05, 4.69) is 163 Å². The van der Waals surface area contributed by atoms with E-state index in [4.69, 9.17) is 0 Å². The third kappa shape index (κ3) is 3.87. The molecular weight excluding hydrogens is 575 g/mol. The van der Waals surface area contributed by atoms with Crippen LogP contribution in [-0.2, 0) is 0 Å². The maximum absolute atomic E-state index is 3.79. The second-order valence-electron chi connectivity index (χ2n) is 12.2. The van der Waals surface area contributed by atoms with E-state index in [-0.39, 0.29) is 0 Å². The summed E-state index contributed by atoms with van der Waals surface area (Å²) >= 11 is 1.87. The van der Waals surface area contributed by atoms with E-state index in [0.29, 0.717) is 0 Å². The standard InChI is InChI=1S/C44H27NS/c1-2-10-28(11-3-1)30-14-6-9-27(23-30)24-37(32-19-21-34-33-15-4-5-18-40(33)46-41(34)26-32)31-20-22-39-38(25-31)43-35-16-7-12-29-13-8-17-36(42(29)35)44(43)45-39/h1-26,45H/b37-24-. The molecule has 0 radical (unpaired) electrons. The van der Waals surface area contributed by atoms with Crippen LogP contribution in [0.15, 0.2) is 152 Å². The molecule has 214 valence electrons. The lowest BCUT2D eigenvalue weighted by molar-refractivity contribution is 1.47. The molecule has 0 fully saturated rings. The van der Waals surface area contributed by atoms with Crippen molar-refractivity contribution < 1.29 is 0 Å². The van der Waals surface area contributed by atoms with Crippen LogP contribution < -0.4 is 0 Å². The van der Waals surface area contributed by atoms with Crippen molar-refractivity contribution in [2.75, 3.05) is 0 Å². The monoisotopic (exact) mass is 601 g/mol. The number of H-pyrrole nitrogens is 1. The van der Waals surface area contributed by atoms with Crippen LogP contribution in [0.5, 0.6) is 0 Å². The molecule has 0 unspecified atom stereocenters. The molecule has 0 saturated heterocycles. The zero-order valence-corrected chi connectivity index (χ0v) is 25.7. The summed E-state index contributed by atoms with van der Waals surface area (Å²) in [4.78, 5) is 3.79. The van der Waals surface area contributed by atoms with Crippen molar-refractivity contribution in [3.05, 3.63) is 168 Å². The summed E-state index contributed by atoms with van der Waals surface area (Å²) in [6, 6.07) is 55.5. The number of fused-ring (bicyclic) bond motifs is 8. The second kappa shape index (κ2) is 9.90. The van der Waals surface area contributed by atoms with Crippen LogP contribution in [-0.4, -0.2) is 4.98 Å². The topological polar surface area (TPSA) is 15.8 Å². The first kappa shape index (κ1) is 25.6. The molecule has 10 rings (SSSR count). The number of hydrogen-bond donors (Lipinski definition) is 1. The van der Waals surface area contributed by atoms with Gasteiger partial charge in [0, 0.05) is 42.2 Å². The summed E-state index contributed by atoms with van der Waals surface area (Å²) in [6.07, 6.45) is 2.37. The van der Waals surface area contributed by atoms with Gasteiger partial charge in [-0.25, -0.2) is 0 Å². The molecule has 1 aliphatic rings. The highest BCUT2D eigenvalue weighted by molar-refractivity contribution is 7.25. The highest BCUT2D eigenvalue weighted by atomic mass is 32.1. The molecule has 0 aliphatic heterocycles. The largest absolute Gasteiger partial charge is 0.354 e. The Morgan fingerprint density at radius 2 is 1.26 bits per heavy atom. The Morgan fingerprint density at radius 1 is 0.522 bits per heavy atom. The third-order valence-electron chi connectivity index (χ3n) is 9.55. The van der Waals surface area contributed by atoms with Crippen molar-refractivity contribution in [3.8, 4) is 33.5 Å². The van der Waals surface area contributed by atoms with Gasteiger partial charge < -0.3 is 4.98 Å². The number of nitrogens with one attached hydrogen (secondary N) is 1. The maximum atomic E-state index is 3.79. The molecule has 0 spiro atoms. The minimum absolute atomic E-state index is 1.17. The summed E-state index contributed by atoms with van der Waals surface area (Å²) < 4.78 is 2.64. The average molecular weight is 602 g/mol. The molecule has 46 heavy (non-hydrogen) atoms. The van der Waals surface area contributed by atoms with Crippen molar-refractivity contribution >= 4 is 64.8 Å². The quantitative estimate of drug-likeness (QED) is 0.193. The van der Waals surface area contributed by atoms with E-state index in [9.17, 15) is 0 Å². The number of rotatable bonds is 4. The van der Waals surface area contributed by atoms with Gasteiger partial charge in [-0.1, -0.05) is 121 Å². The van der Waals surface area contributed by atoms with Gasteiger partial charge in [-0.15, -0.1) is 11.3 Å². The summed E-state index contributed by atoms with van der Waals surface area (Å²) in [5.74, 6) is 0. The zero-order valence-electron chi connectivity index (χ0n) is 24.9. The predicted octanol–water partition coefficient (Wildman–Crippen LogP) is 12.6. The summed E-state index contributed by atoms with van der Waals surface area (Å²) in [5, 5.41) is 6.55. The number of benzene rings is 7. The van der Waals surface area contributed by atoms with E-state index in [1.54, 1.807) is 0 Å². The van der Waals surface area contributed by atoms with Gasteiger partial charge in [0.05, 0.1) is 5.69 Å². The van der Waals surface area contributed by atoms with Gasteiger partial charge in [0.25, 0.3) is 0 Å². The van der Waals surface area contributed by atoms with Crippen LogP contribution >= 0.6 is 11.3 Å². The maximum Gasteiger partial charge on any atom is 0.0551 e. The molecule has 7 aromatic carbocycles. The van der Waals surface area contributed by atoms with Crippen LogP contribution in [0.4, 0.5) is 0 Å². The zero-order chi connectivity index (χ0) is 30.2. The number of hydrogen-bond acceptors (Lipinski definition) is 1. The van der Waals surface area contributed by atoms with E-state index in [1.165, 1.54) is 97.6 Å². The highest BCUT2D eigenvalue weighted by Crippen LogP contribution is 2.50. The molecule has 2 aromatic heterocycles. The Bertz CT molecular complexity index is 2680. The Labute approximate surface area is 270 Å². The Kier molecular flexibility index (Phi) is 5.51. The second-order valence-corrected chi connectivity index (χ2v) is 13.3. The van der Waals surface area contributed by atoms with Gasteiger partial charge in [-0.05, 0) is 86.1 Å². The molecule has 0 saturated carbocycles. The Morgan fingerprint density at radius 3 is 2.17 bits per heavy atom. The van der Waals surface area contributed by atoms with Crippen molar-refractivity contribution in [2.24, 2.45) is 0 Å². The van der Waals surface area contributed by atoms with Crippen LogP contribution in [0.25, 0.3) is 87.0 Å². The first-order chi connectivity index (χ1) is 22.8. The molecule has 0 bridgehead atoms. The molecule has 0 amide bonds. The summed E-state index contributed by atoms with van der Waals surface area (Å²) in [5.41, 5.74) is 13.6. The Hall–Kier alpha value is -5.70. The lowest BCUT2D eigenvalue weighted by atomic mass is 9.92. The number of thiophene rings is 1. The van der Waals surface area contributed by atoms with Crippen LogP contribution in [0, 0.1) is 0 Å². The molecular formula is C44H27NS. The molecule has 2 heterocycles. The van der Waals surface area contributed by atoms with Crippen molar-refractivity contribution in [3.63, 3.8) is 0 Å². The van der Waals surface area contributed by atoms with Gasteiger partial charge in [0.15, 0.2) is 0 Å². The summed E-state index contributed by atoms with van der Waals surface area (Å²) in [6.45, 7) is 0. The molecule has 9 aromatic rings. The fourth-order valence-electron chi connectivity index (χ4n) is 7.43. The number of aromatic amines is 1. The van der Waals surface area contributed by atoms with Crippen molar-refractivity contribution in [1.29, 1.82) is 0 Å². The lowest BCUT2D eigenvalue weighted by Crippen LogP contribution is -1.90. The van der Waals surface area contributed by atoms with Crippen LogP contribution in [0.2, 0.25) is 0 Å². The average Bonchev–Trinajstić information content (AvgIpc) is 3.78. The van der Waals surface area contributed by atoms with Gasteiger partial charge in [-0.2, -0.15) is 0 Å². The predicted molar refractivity (Wildman–Crippen MR) is 198 cm³/mol. The van der Waals surface area contributed by atoms with Crippen molar-refractivity contribution in [2.45, 2.75) is 0 Å². The fourth-order valence-corrected chi connectivity index (χ4v) is 8.58. The van der Waals surface area contributed by atoms with E-state index in [1.807, 2.05) is 11.3 Å². The smallest absolute Gasteiger partial charge is 0.0551 e. The normalized spacial score (nSPS) is 12.5. The molecule has 1 nitrogen and oxygen atoms in total. The highest BCUT2D eigenvalue weighted by Gasteiger charge is 2.25. The van der Waals surface area contributed by atoms with Gasteiger partial charge in [0.2, 0.25) is 0 Å². The van der Waals surface area contributed by atoms with Crippen molar-refractivity contribution in [1.82, 2.24) is 4.98 Å². The SMILES string of the molecule is C(=C(/c1ccc2c(c1)sc1ccccc12)c1ccc2[nH]c3c(c2c1)-c1cccc2cccc-3c12)/c1cccc(-c2ccccc2)c1. The molecule has 1 aliphatic carbocycles. The first-order valence-corrected chi connectivity index (χ1v) is 16.6. The van der Waals surface area contributed by atoms with E-state index in [0.717, 1.165) is 0 Å². The van der Waals surface area contributed by atoms with Crippen LogP contribution in [0.1, 0.15) is 16.7 Å². The Balaban J connectivity index is 1.19. The first-order valence-electron chi connectivity index (χ1n) is 15.8. The van der Waals surface area contributed by atoms with Gasteiger partial charge in [0.1, 0.15) is 0 Å². The number of aromatic nitrogens is 1. The molecule has 2 heteroatoms. The minimum Gasteiger partial charge on any atom is -0.354 e. The summed E-state index contributed by atoms with van der Waals surface area (Å²) in [7, 11) is 0. The molecule has 1 N–H and O–H groups in total. The van der Waals surface area contributed by atoms with E-state index >= 15 is 0 Å². The fraction of sp³-hybridized carbons (Fsp3) is 0. The van der Waals surface area contributed by atoms with Crippen LogP contribution in [0.3, 0.4) is 0 Å². The van der Waals surface area contributed by atoms with Gasteiger partial charge in [-0.3, -0.25) is 0 Å². The molecule has 0 atom stereocenters. The van der Waals surface area contributed by atoms with E-state index < -0.39 is 0 Å². The minimum atomic E-state index is 1.17.